The smallest absolute Gasteiger partial charge is 0.252 e. The van der Waals surface area contributed by atoms with Gasteiger partial charge in [-0.3, -0.25) is 14.7 Å². The highest BCUT2D eigenvalue weighted by molar-refractivity contribution is 5.93. The van der Waals surface area contributed by atoms with Gasteiger partial charge >= 0.3 is 0 Å². The van der Waals surface area contributed by atoms with Crippen molar-refractivity contribution in [3.05, 3.63) is 66.0 Å². The molecule has 26 heavy (non-hydrogen) atoms. The van der Waals surface area contributed by atoms with Crippen LogP contribution < -0.4 is 5.32 Å². The molecule has 1 aliphatic heterocycles. The van der Waals surface area contributed by atoms with E-state index in [-0.39, 0.29) is 5.91 Å². The Hall–Kier alpha value is -2.24. The van der Waals surface area contributed by atoms with Crippen molar-refractivity contribution in [1.82, 2.24) is 20.1 Å². The van der Waals surface area contributed by atoms with Crippen LogP contribution in [0.4, 0.5) is 0 Å². The Morgan fingerprint density at radius 2 is 1.73 bits per heavy atom. The molecule has 5 heteroatoms. The van der Waals surface area contributed by atoms with Crippen molar-refractivity contribution in [2.45, 2.75) is 19.4 Å². The van der Waals surface area contributed by atoms with E-state index < -0.39 is 0 Å². The molecule has 1 aromatic carbocycles. The molecular weight excluding hydrogens is 324 g/mol. The molecule has 1 saturated heterocycles. The molecule has 1 N–H and O–H groups in total. The molecule has 0 aliphatic carbocycles. The van der Waals surface area contributed by atoms with Crippen LogP contribution in [0.1, 0.15) is 28.8 Å². The molecule has 5 nitrogen and oxygen atoms in total. The number of piperazine rings is 1. The SMILES string of the molecule is O=C(NCCCCN1CCN(Cc2ccccc2)CC1)c1cccnc1. The van der Waals surface area contributed by atoms with Crippen LogP contribution in [0.15, 0.2) is 54.9 Å². The fourth-order valence-electron chi connectivity index (χ4n) is 3.27. The standard InChI is InChI=1S/C21H28N4O/c26-21(20-9-6-10-22-17-20)23-11-4-5-12-24-13-15-25(16-14-24)18-19-7-2-1-3-8-19/h1-3,6-10,17H,4-5,11-16,18H2,(H,23,26). The van der Waals surface area contributed by atoms with Crippen molar-refractivity contribution in [2.75, 3.05) is 39.3 Å². The molecular formula is C21H28N4O. The number of hydrogen-bond acceptors (Lipinski definition) is 4. The molecule has 1 fully saturated rings. The van der Waals surface area contributed by atoms with Crippen molar-refractivity contribution >= 4 is 5.91 Å². The van der Waals surface area contributed by atoms with E-state index >= 15 is 0 Å². The zero-order valence-corrected chi connectivity index (χ0v) is 15.3. The van der Waals surface area contributed by atoms with E-state index in [1.807, 2.05) is 0 Å². The molecule has 0 spiro atoms. The Kier molecular flexibility index (Phi) is 7.16. The topological polar surface area (TPSA) is 48.5 Å². The first-order valence-electron chi connectivity index (χ1n) is 9.48. The Bertz CT molecular complexity index is 654. The maximum absolute atomic E-state index is 11.9. The van der Waals surface area contributed by atoms with Crippen molar-refractivity contribution < 1.29 is 4.79 Å². The van der Waals surface area contributed by atoms with Gasteiger partial charge in [0.2, 0.25) is 0 Å². The summed E-state index contributed by atoms with van der Waals surface area (Å²) in [6, 6.07) is 14.3. The summed E-state index contributed by atoms with van der Waals surface area (Å²) in [5.41, 5.74) is 2.02. The number of carbonyl (C=O) groups excluding carboxylic acids is 1. The van der Waals surface area contributed by atoms with Gasteiger partial charge in [-0.15, -0.1) is 0 Å². The third kappa shape index (κ3) is 5.93. The van der Waals surface area contributed by atoms with Crippen molar-refractivity contribution in [3.63, 3.8) is 0 Å². The zero-order chi connectivity index (χ0) is 18.0. The Balaban J connectivity index is 1.26. The molecule has 2 heterocycles. The van der Waals surface area contributed by atoms with Gasteiger partial charge in [-0.05, 0) is 37.1 Å². The largest absolute Gasteiger partial charge is 0.352 e. The summed E-state index contributed by atoms with van der Waals surface area (Å²) in [5, 5.41) is 2.97. The summed E-state index contributed by atoms with van der Waals surface area (Å²) in [6.45, 7) is 7.42. The van der Waals surface area contributed by atoms with Crippen LogP contribution in [0, 0.1) is 0 Å². The molecule has 0 unspecified atom stereocenters. The molecule has 138 valence electrons. The minimum absolute atomic E-state index is 0.0346. The van der Waals surface area contributed by atoms with Gasteiger partial charge in [0.25, 0.3) is 5.91 Å². The number of nitrogens with one attached hydrogen (secondary N) is 1. The Labute approximate surface area is 156 Å². The first-order chi connectivity index (χ1) is 12.8. The molecule has 1 aliphatic rings. The van der Waals surface area contributed by atoms with E-state index in [1.165, 1.54) is 5.56 Å². The average molecular weight is 352 g/mol. The molecule has 1 amide bonds. The van der Waals surface area contributed by atoms with Gasteiger partial charge in [0, 0.05) is 51.7 Å². The van der Waals surface area contributed by atoms with Crippen LogP contribution >= 0.6 is 0 Å². The molecule has 0 radical (unpaired) electrons. The first-order valence-corrected chi connectivity index (χ1v) is 9.48. The third-order valence-electron chi connectivity index (χ3n) is 4.82. The van der Waals surface area contributed by atoms with Gasteiger partial charge in [0.1, 0.15) is 0 Å². The number of nitrogens with zero attached hydrogens (tertiary/aromatic N) is 3. The molecule has 3 rings (SSSR count). The lowest BCUT2D eigenvalue weighted by Crippen LogP contribution is -2.46. The minimum atomic E-state index is -0.0346. The number of benzene rings is 1. The van der Waals surface area contributed by atoms with Crippen LogP contribution in [-0.2, 0) is 6.54 Å². The molecule has 0 saturated carbocycles. The maximum Gasteiger partial charge on any atom is 0.252 e. The van der Waals surface area contributed by atoms with Crippen LogP contribution in [0.3, 0.4) is 0 Å². The highest BCUT2D eigenvalue weighted by Gasteiger charge is 2.16. The monoisotopic (exact) mass is 352 g/mol. The average Bonchev–Trinajstić information content (AvgIpc) is 2.70. The normalized spacial score (nSPS) is 15.7. The lowest BCUT2D eigenvalue weighted by Gasteiger charge is -2.34. The van der Waals surface area contributed by atoms with E-state index in [2.05, 4.69) is 50.4 Å². The number of pyridine rings is 1. The summed E-state index contributed by atoms with van der Waals surface area (Å²) in [5.74, 6) is -0.0346. The van der Waals surface area contributed by atoms with Gasteiger partial charge < -0.3 is 10.2 Å². The molecule has 0 bridgehead atoms. The second-order valence-electron chi connectivity index (χ2n) is 6.81. The number of rotatable bonds is 8. The molecule has 2 aromatic rings. The van der Waals surface area contributed by atoms with Gasteiger partial charge in [0.05, 0.1) is 5.56 Å². The van der Waals surface area contributed by atoms with Gasteiger partial charge in [-0.25, -0.2) is 0 Å². The summed E-state index contributed by atoms with van der Waals surface area (Å²) >= 11 is 0. The van der Waals surface area contributed by atoms with E-state index in [9.17, 15) is 4.79 Å². The zero-order valence-electron chi connectivity index (χ0n) is 15.3. The summed E-state index contributed by atoms with van der Waals surface area (Å²) < 4.78 is 0. The van der Waals surface area contributed by atoms with Crippen molar-refractivity contribution in [2.24, 2.45) is 0 Å². The Morgan fingerprint density at radius 1 is 0.962 bits per heavy atom. The van der Waals surface area contributed by atoms with Crippen LogP contribution in [0.2, 0.25) is 0 Å². The highest BCUT2D eigenvalue weighted by Crippen LogP contribution is 2.09. The van der Waals surface area contributed by atoms with Gasteiger partial charge in [0.15, 0.2) is 0 Å². The van der Waals surface area contributed by atoms with Crippen LogP contribution in [0.25, 0.3) is 0 Å². The summed E-state index contributed by atoms with van der Waals surface area (Å²) in [7, 11) is 0. The number of amides is 1. The fraction of sp³-hybridized carbons (Fsp3) is 0.429. The van der Waals surface area contributed by atoms with Gasteiger partial charge in [-0.2, -0.15) is 0 Å². The molecule has 1 aromatic heterocycles. The second kappa shape index (κ2) is 10.0. The van der Waals surface area contributed by atoms with E-state index in [0.29, 0.717) is 5.56 Å². The number of aromatic nitrogens is 1. The third-order valence-corrected chi connectivity index (χ3v) is 4.82. The number of unbranched alkanes of at least 4 members (excludes halogenated alkanes) is 1. The number of carbonyl (C=O) groups is 1. The maximum atomic E-state index is 11.9. The Morgan fingerprint density at radius 3 is 2.46 bits per heavy atom. The predicted octanol–water partition coefficient (Wildman–Crippen LogP) is 2.41. The quantitative estimate of drug-likeness (QED) is 0.741. The predicted molar refractivity (Wildman–Crippen MR) is 104 cm³/mol. The number of hydrogen-bond donors (Lipinski definition) is 1. The molecule has 0 atom stereocenters. The first kappa shape index (κ1) is 18.5. The highest BCUT2D eigenvalue weighted by atomic mass is 16.1. The van der Waals surface area contributed by atoms with Crippen molar-refractivity contribution in [1.29, 1.82) is 0 Å². The second-order valence-corrected chi connectivity index (χ2v) is 6.81. The van der Waals surface area contributed by atoms with Crippen molar-refractivity contribution in [3.8, 4) is 0 Å². The minimum Gasteiger partial charge on any atom is -0.352 e. The van der Waals surface area contributed by atoms with Gasteiger partial charge in [-0.1, -0.05) is 30.3 Å². The van der Waals surface area contributed by atoms with E-state index in [4.69, 9.17) is 0 Å². The lowest BCUT2D eigenvalue weighted by molar-refractivity contribution is 0.0951. The van der Waals surface area contributed by atoms with Crippen LogP contribution in [0.5, 0.6) is 0 Å². The lowest BCUT2D eigenvalue weighted by atomic mass is 10.2. The fourth-order valence-corrected chi connectivity index (χ4v) is 3.27. The van der Waals surface area contributed by atoms with E-state index in [1.54, 1.807) is 24.5 Å². The van der Waals surface area contributed by atoms with Crippen LogP contribution in [-0.4, -0.2) is 60.0 Å². The van der Waals surface area contributed by atoms with E-state index in [0.717, 1.165) is 58.7 Å². The summed E-state index contributed by atoms with van der Waals surface area (Å²) in [6.07, 6.45) is 5.41. The summed E-state index contributed by atoms with van der Waals surface area (Å²) in [4.78, 5) is 21.0.